The third-order valence-corrected chi connectivity index (χ3v) is 3.92. The second-order valence-electron chi connectivity index (χ2n) is 5.98. The molecule has 6 nitrogen and oxygen atoms in total. The van der Waals surface area contributed by atoms with Gasteiger partial charge >= 0.3 is 0 Å². The molecule has 3 N–H and O–H groups in total. The van der Waals surface area contributed by atoms with E-state index in [1.165, 1.54) is 0 Å². The molecule has 0 radical (unpaired) electrons. The van der Waals surface area contributed by atoms with Gasteiger partial charge in [-0.2, -0.15) is 0 Å². The van der Waals surface area contributed by atoms with Crippen LogP contribution in [0.4, 0.5) is 0 Å². The molecule has 1 aromatic heterocycles. The lowest BCUT2D eigenvalue weighted by atomic mass is 10.2. The number of aryl methyl sites for hydroxylation is 2. The number of carbonyl (C=O) groups excluding carboxylic acids is 1. The molecule has 0 bridgehead atoms. The van der Waals surface area contributed by atoms with Crippen molar-refractivity contribution in [1.82, 2.24) is 15.3 Å². The lowest BCUT2D eigenvalue weighted by Gasteiger charge is -2.14. The molecule has 0 aliphatic rings. The predicted molar refractivity (Wildman–Crippen MR) is 95.4 cm³/mol. The number of aliphatic hydroxyl groups excluding tert-OH is 1. The van der Waals surface area contributed by atoms with E-state index in [2.05, 4.69) is 15.3 Å². The molecule has 0 aliphatic heterocycles. The zero-order chi connectivity index (χ0) is 17.8. The average Bonchev–Trinajstić information content (AvgIpc) is 2.97. The van der Waals surface area contributed by atoms with E-state index in [9.17, 15) is 9.90 Å². The maximum atomic E-state index is 12.0. The third-order valence-electron chi connectivity index (χ3n) is 3.92. The Bertz CT molecular complexity index is 889. The minimum absolute atomic E-state index is 0.0878. The summed E-state index contributed by atoms with van der Waals surface area (Å²) in [5, 5.41) is 12.7. The number of ether oxygens (including phenoxy) is 1. The third kappa shape index (κ3) is 4.16. The number of aromatic amines is 1. The van der Waals surface area contributed by atoms with E-state index in [1.54, 1.807) is 0 Å². The Kier molecular flexibility index (Phi) is 5.00. The number of nitrogens with one attached hydrogen (secondary N) is 2. The van der Waals surface area contributed by atoms with Crippen LogP contribution in [0.5, 0.6) is 5.75 Å². The molecule has 6 heteroatoms. The number of rotatable bonds is 6. The van der Waals surface area contributed by atoms with Gasteiger partial charge < -0.3 is 20.1 Å². The standard InChI is InChI=1S/C19H21N3O3/c1-12-5-3-4-6-18(12)25-11-17(23)19(24)20-10-14-7-8-15-16(9-14)22-13(2)21-15/h3-9,17,23H,10-11H2,1-2H3,(H,20,24)(H,21,22). The quantitative estimate of drug-likeness (QED) is 0.643. The van der Waals surface area contributed by atoms with Gasteiger partial charge in [-0.1, -0.05) is 24.3 Å². The number of amides is 1. The monoisotopic (exact) mass is 339 g/mol. The predicted octanol–water partition coefficient (Wildman–Crippen LogP) is 2.24. The number of H-pyrrole nitrogens is 1. The molecule has 2 aromatic carbocycles. The molecule has 0 saturated heterocycles. The second kappa shape index (κ2) is 7.36. The van der Waals surface area contributed by atoms with Gasteiger partial charge in [-0.3, -0.25) is 4.79 Å². The maximum absolute atomic E-state index is 12.0. The molecule has 1 unspecified atom stereocenters. The molecular formula is C19H21N3O3. The zero-order valence-corrected chi connectivity index (χ0v) is 14.2. The Morgan fingerprint density at radius 3 is 2.88 bits per heavy atom. The van der Waals surface area contributed by atoms with Crippen molar-refractivity contribution in [3.05, 3.63) is 59.4 Å². The Morgan fingerprint density at radius 1 is 1.28 bits per heavy atom. The van der Waals surface area contributed by atoms with Gasteiger partial charge in [0.05, 0.1) is 11.0 Å². The van der Waals surface area contributed by atoms with Crippen molar-refractivity contribution in [2.45, 2.75) is 26.5 Å². The van der Waals surface area contributed by atoms with Crippen LogP contribution in [0.15, 0.2) is 42.5 Å². The summed E-state index contributed by atoms with van der Waals surface area (Å²) < 4.78 is 5.51. The highest BCUT2D eigenvalue weighted by Crippen LogP contribution is 2.16. The molecule has 0 spiro atoms. The van der Waals surface area contributed by atoms with Crippen LogP contribution in [0.3, 0.4) is 0 Å². The van der Waals surface area contributed by atoms with E-state index in [-0.39, 0.29) is 6.61 Å². The normalized spacial score (nSPS) is 12.1. The summed E-state index contributed by atoms with van der Waals surface area (Å²) in [6, 6.07) is 13.2. The van der Waals surface area contributed by atoms with Crippen molar-refractivity contribution in [3.8, 4) is 5.75 Å². The van der Waals surface area contributed by atoms with Crippen molar-refractivity contribution in [1.29, 1.82) is 0 Å². The number of para-hydroxylation sites is 1. The summed E-state index contributed by atoms with van der Waals surface area (Å²) in [5.74, 6) is 1.05. The SMILES string of the molecule is Cc1nc2ccc(CNC(=O)C(O)COc3ccccc3C)cc2[nH]1. The van der Waals surface area contributed by atoms with Crippen LogP contribution in [0, 0.1) is 13.8 Å². The maximum Gasteiger partial charge on any atom is 0.252 e. The van der Waals surface area contributed by atoms with E-state index in [4.69, 9.17) is 4.74 Å². The minimum Gasteiger partial charge on any atom is -0.490 e. The minimum atomic E-state index is -1.22. The number of fused-ring (bicyclic) bond motifs is 1. The lowest BCUT2D eigenvalue weighted by Crippen LogP contribution is -2.37. The van der Waals surface area contributed by atoms with Crippen LogP contribution < -0.4 is 10.1 Å². The number of aliphatic hydroxyl groups is 1. The number of nitrogens with zero attached hydrogens (tertiary/aromatic N) is 1. The van der Waals surface area contributed by atoms with E-state index >= 15 is 0 Å². The van der Waals surface area contributed by atoms with Gasteiger partial charge in [0.2, 0.25) is 0 Å². The van der Waals surface area contributed by atoms with Crippen LogP contribution >= 0.6 is 0 Å². The molecule has 1 heterocycles. The smallest absolute Gasteiger partial charge is 0.252 e. The molecule has 0 fully saturated rings. The number of carbonyl (C=O) groups is 1. The fourth-order valence-electron chi connectivity index (χ4n) is 2.56. The lowest BCUT2D eigenvalue weighted by molar-refractivity contribution is -0.130. The Labute approximate surface area is 145 Å². The van der Waals surface area contributed by atoms with Crippen molar-refractivity contribution in [3.63, 3.8) is 0 Å². The highest BCUT2D eigenvalue weighted by molar-refractivity contribution is 5.81. The van der Waals surface area contributed by atoms with E-state index in [1.807, 2.05) is 56.3 Å². The van der Waals surface area contributed by atoms with Gasteiger partial charge in [-0.15, -0.1) is 0 Å². The number of hydrogen-bond donors (Lipinski definition) is 3. The summed E-state index contributed by atoms with van der Waals surface area (Å²) in [6.07, 6.45) is -1.22. The van der Waals surface area contributed by atoms with Crippen LogP contribution in [0.25, 0.3) is 11.0 Å². The van der Waals surface area contributed by atoms with Crippen LogP contribution in [0.2, 0.25) is 0 Å². The van der Waals surface area contributed by atoms with Gasteiger partial charge in [0.25, 0.3) is 5.91 Å². The number of hydrogen-bond acceptors (Lipinski definition) is 4. The summed E-state index contributed by atoms with van der Waals surface area (Å²) in [6.45, 7) is 4.05. The number of imidazole rings is 1. The first-order chi connectivity index (χ1) is 12.0. The zero-order valence-electron chi connectivity index (χ0n) is 14.2. The number of aromatic nitrogens is 2. The molecule has 3 rings (SSSR count). The molecule has 3 aromatic rings. The second-order valence-corrected chi connectivity index (χ2v) is 5.98. The van der Waals surface area contributed by atoms with Crippen LogP contribution in [0.1, 0.15) is 17.0 Å². The number of benzene rings is 2. The Morgan fingerprint density at radius 2 is 2.08 bits per heavy atom. The molecule has 1 amide bonds. The van der Waals surface area contributed by atoms with Crippen LogP contribution in [-0.4, -0.2) is 33.7 Å². The van der Waals surface area contributed by atoms with Crippen LogP contribution in [-0.2, 0) is 11.3 Å². The van der Waals surface area contributed by atoms with E-state index in [0.29, 0.717) is 12.3 Å². The largest absolute Gasteiger partial charge is 0.490 e. The topological polar surface area (TPSA) is 87.2 Å². The van der Waals surface area contributed by atoms with Crippen molar-refractivity contribution in [2.24, 2.45) is 0 Å². The molecular weight excluding hydrogens is 318 g/mol. The Hall–Kier alpha value is -2.86. The van der Waals surface area contributed by atoms with Gasteiger partial charge in [0.1, 0.15) is 18.2 Å². The molecule has 0 aliphatic carbocycles. The fourth-order valence-corrected chi connectivity index (χ4v) is 2.56. The summed E-state index contributed by atoms with van der Waals surface area (Å²) in [5.41, 5.74) is 3.70. The van der Waals surface area contributed by atoms with E-state index in [0.717, 1.165) is 28.0 Å². The summed E-state index contributed by atoms with van der Waals surface area (Å²) in [7, 11) is 0. The van der Waals surface area contributed by atoms with Gasteiger partial charge in [-0.25, -0.2) is 4.98 Å². The first-order valence-corrected chi connectivity index (χ1v) is 8.12. The summed E-state index contributed by atoms with van der Waals surface area (Å²) >= 11 is 0. The van der Waals surface area contributed by atoms with Crippen molar-refractivity contribution < 1.29 is 14.6 Å². The summed E-state index contributed by atoms with van der Waals surface area (Å²) in [4.78, 5) is 19.5. The first-order valence-electron chi connectivity index (χ1n) is 8.12. The molecule has 1 atom stereocenters. The Balaban J connectivity index is 1.53. The van der Waals surface area contributed by atoms with Gasteiger partial charge in [0, 0.05) is 6.54 Å². The molecule has 0 saturated carbocycles. The molecule has 130 valence electrons. The average molecular weight is 339 g/mol. The van der Waals surface area contributed by atoms with Gasteiger partial charge in [0.15, 0.2) is 6.10 Å². The first kappa shape index (κ1) is 17.0. The fraction of sp³-hybridized carbons (Fsp3) is 0.263. The van der Waals surface area contributed by atoms with Gasteiger partial charge in [-0.05, 0) is 43.2 Å². The highest BCUT2D eigenvalue weighted by Gasteiger charge is 2.16. The van der Waals surface area contributed by atoms with Crippen molar-refractivity contribution >= 4 is 16.9 Å². The molecule has 25 heavy (non-hydrogen) atoms. The van der Waals surface area contributed by atoms with E-state index < -0.39 is 12.0 Å². The van der Waals surface area contributed by atoms with Crippen molar-refractivity contribution in [2.75, 3.05) is 6.61 Å². The highest BCUT2D eigenvalue weighted by atomic mass is 16.5.